The summed E-state index contributed by atoms with van der Waals surface area (Å²) in [5.41, 5.74) is 0.674. The number of carbonyl (C=O) groups excluding carboxylic acids is 1. The van der Waals surface area contributed by atoms with E-state index in [9.17, 15) is 9.59 Å². The fourth-order valence-corrected chi connectivity index (χ4v) is 4.46. The lowest BCUT2D eigenvalue weighted by molar-refractivity contribution is -0.124. The zero-order chi connectivity index (χ0) is 17.3. The number of benzene rings is 1. The summed E-state index contributed by atoms with van der Waals surface area (Å²) >= 11 is 0. The van der Waals surface area contributed by atoms with E-state index in [0.717, 1.165) is 25.2 Å². The Morgan fingerprint density at radius 3 is 2.68 bits per heavy atom. The van der Waals surface area contributed by atoms with Gasteiger partial charge in [-0.2, -0.15) is 0 Å². The number of rotatable bonds is 5. The minimum atomic E-state index is -0.108. The molecule has 1 heterocycles. The average Bonchev–Trinajstić information content (AvgIpc) is 2.63. The van der Waals surface area contributed by atoms with E-state index in [-0.39, 0.29) is 17.0 Å². The molecule has 5 heteroatoms. The highest BCUT2D eigenvalue weighted by Crippen LogP contribution is 2.44. The Morgan fingerprint density at radius 2 is 1.92 bits per heavy atom. The van der Waals surface area contributed by atoms with Gasteiger partial charge in [0.25, 0.3) is 5.56 Å². The van der Waals surface area contributed by atoms with E-state index in [4.69, 9.17) is 0 Å². The zero-order valence-corrected chi connectivity index (χ0v) is 14.5. The molecule has 2 N–H and O–H groups in total. The van der Waals surface area contributed by atoms with Crippen LogP contribution in [0.5, 0.6) is 0 Å². The first-order valence-corrected chi connectivity index (χ1v) is 9.43. The molecule has 0 spiro atoms. The molecule has 0 unspecified atom stereocenters. The van der Waals surface area contributed by atoms with E-state index < -0.39 is 0 Å². The molecule has 0 radical (unpaired) electrons. The molecule has 1 amide bonds. The van der Waals surface area contributed by atoms with Crippen molar-refractivity contribution < 1.29 is 4.79 Å². The first-order valence-electron chi connectivity index (χ1n) is 9.43. The second-order valence-corrected chi connectivity index (χ2v) is 7.69. The number of aromatic amines is 1. The van der Waals surface area contributed by atoms with Crippen molar-refractivity contribution in [3.8, 4) is 0 Å². The van der Waals surface area contributed by atoms with Crippen LogP contribution in [0.15, 0.2) is 29.1 Å². The van der Waals surface area contributed by atoms with Crippen molar-refractivity contribution in [2.75, 3.05) is 0 Å². The molecule has 3 saturated carbocycles. The van der Waals surface area contributed by atoms with Crippen molar-refractivity contribution in [2.24, 2.45) is 5.92 Å². The molecule has 0 aliphatic heterocycles. The van der Waals surface area contributed by atoms with Crippen molar-refractivity contribution in [3.63, 3.8) is 0 Å². The number of hydrogen-bond donors (Lipinski definition) is 2. The van der Waals surface area contributed by atoms with Crippen LogP contribution >= 0.6 is 0 Å². The highest BCUT2D eigenvalue weighted by Gasteiger charge is 2.40. The fourth-order valence-electron chi connectivity index (χ4n) is 4.46. The van der Waals surface area contributed by atoms with Crippen LogP contribution in [-0.4, -0.2) is 21.4 Å². The van der Waals surface area contributed by atoms with Gasteiger partial charge in [0.2, 0.25) is 5.91 Å². The van der Waals surface area contributed by atoms with E-state index in [2.05, 4.69) is 15.3 Å². The summed E-state index contributed by atoms with van der Waals surface area (Å²) < 4.78 is 0. The number of carbonyl (C=O) groups is 1. The quantitative estimate of drug-likeness (QED) is 0.879. The van der Waals surface area contributed by atoms with Crippen molar-refractivity contribution in [1.82, 2.24) is 15.3 Å². The largest absolute Gasteiger partial charge is 0.351 e. The van der Waals surface area contributed by atoms with Gasteiger partial charge in [-0.25, -0.2) is 4.98 Å². The fraction of sp³-hybridized carbons (Fsp3) is 0.550. The first-order chi connectivity index (χ1) is 12.1. The topological polar surface area (TPSA) is 74.8 Å². The van der Waals surface area contributed by atoms with Gasteiger partial charge in [-0.05, 0) is 63.0 Å². The van der Waals surface area contributed by atoms with Crippen molar-refractivity contribution in [3.05, 3.63) is 40.4 Å². The van der Waals surface area contributed by atoms with Gasteiger partial charge in [-0.3, -0.25) is 9.59 Å². The number of nitrogens with one attached hydrogen (secondary N) is 2. The molecule has 3 fully saturated rings. The lowest BCUT2D eigenvalue weighted by Crippen LogP contribution is -2.53. The van der Waals surface area contributed by atoms with E-state index in [1.807, 2.05) is 18.2 Å². The lowest BCUT2D eigenvalue weighted by Gasteiger charge is -2.47. The summed E-state index contributed by atoms with van der Waals surface area (Å²) in [6.07, 6.45) is 9.03. The number of hydrogen-bond acceptors (Lipinski definition) is 3. The predicted molar refractivity (Wildman–Crippen MR) is 97.4 cm³/mol. The van der Waals surface area contributed by atoms with Gasteiger partial charge in [0.1, 0.15) is 5.82 Å². The van der Waals surface area contributed by atoms with Crippen LogP contribution in [0.3, 0.4) is 0 Å². The molecule has 2 bridgehead atoms. The molecule has 2 aromatic rings. The van der Waals surface area contributed by atoms with Gasteiger partial charge in [-0.1, -0.05) is 12.1 Å². The van der Waals surface area contributed by atoms with Crippen molar-refractivity contribution in [1.29, 1.82) is 0 Å². The van der Waals surface area contributed by atoms with Crippen LogP contribution in [-0.2, 0) is 11.2 Å². The number of amides is 1. The molecular weight excluding hydrogens is 314 g/mol. The third-order valence-corrected chi connectivity index (χ3v) is 5.98. The summed E-state index contributed by atoms with van der Waals surface area (Å²) in [4.78, 5) is 31.8. The van der Waals surface area contributed by atoms with E-state index in [1.54, 1.807) is 6.07 Å². The second-order valence-electron chi connectivity index (χ2n) is 7.69. The maximum absolute atomic E-state index is 12.4. The van der Waals surface area contributed by atoms with Crippen LogP contribution in [0.4, 0.5) is 0 Å². The standard InChI is InChI=1S/C20H25N3O2/c24-18(23-20-11-8-14(9-12-20)10-13-20)7-3-6-17-21-16-5-2-1-4-15(16)19(25)22-17/h1-2,4-5,14H,3,6-13H2,(H,23,24)(H,21,22,25). The number of H-pyrrole nitrogens is 1. The summed E-state index contributed by atoms with van der Waals surface area (Å²) in [6, 6.07) is 7.33. The van der Waals surface area contributed by atoms with Gasteiger partial charge in [0.15, 0.2) is 0 Å². The smallest absolute Gasteiger partial charge is 0.258 e. The summed E-state index contributed by atoms with van der Waals surface area (Å²) in [5, 5.41) is 3.92. The molecule has 1 aromatic carbocycles. The average molecular weight is 339 g/mol. The number of fused-ring (bicyclic) bond motifs is 4. The minimum Gasteiger partial charge on any atom is -0.351 e. The van der Waals surface area contributed by atoms with Gasteiger partial charge in [0.05, 0.1) is 10.9 Å². The lowest BCUT2D eigenvalue weighted by atomic mass is 9.66. The molecule has 5 rings (SSSR count). The van der Waals surface area contributed by atoms with Gasteiger partial charge < -0.3 is 10.3 Å². The summed E-state index contributed by atoms with van der Waals surface area (Å²) in [5.74, 6) is 1.70. The number of nitrogens with zero attached hydrogens (tertiary/aromatic N) is 1. The molecule has 3 aliphatic rings. The van der Waals surface area contributed by atoms with Crippen molar-refractivity contribution >= 4 is 16.8 Å². The first kappa shape index (κ1) is 16.3. The summed E-state index contributed by atoms with van der Waals surface area (Å²) in [6.45, 7) is 0. The summed E-state index contributed by atoms with van der Waals surface area (Å²) in [7, 11) is 0. The van der Waals surface area contributed by atoms with E-state index in [0.29, 0.717) is 36.0 Å². The van der Waals surface area contributed by atoms with Crippen LogP contribution in [0, 0.1) is 5.92 Å². The Hall–Kier alpha value is -2.17. The minimum absolute atomic E-state index is 0.0708. The molecule has 1 aromatic heterocycles. The SMILES string of the molecule is O=C(CCCc1nc2ccccc2c(=O)[nH]1)NC12CCC(CC1)CC2. The van der Waals surface area contributed by atoms with E-state index >= 15 is 0 Å². The Bertz CT molecular complexity index is 820. The maximum atomic E-state index is 12.4. The van der Waals surface area contributed by atoms with E-state index in [1.165, 1.54) is 19.3 Å². The molecule has 25 heavy (non-hydrogen) atoms. The molecule has 0 saturated heterocycles. The number of aromatic nitrogens is 2. The van der Waals surface area contributed by atoms with Gasteiger partial charge >= 0.3 is 0 Å². The normalized spacial score (nSPS) is 25.2. The van der Waals surface area contributed by atoms with Crippen LogP contribution < -0.4 is 10.9 Å². The monoisotopic (exact) mass is 339 g/mol. The molecule has 0 atom stereocenters. The zero-order valence-electron chi connectivity index (χ0n) is 14.5. The second kappa shape index (κ2) is 6.62. The van der Waals surface area contributed by atoms with Crippen LogP contribution in [0.25, 0.3) is 10.9 Å². The Balaban J connectivity index is 1.33. The number of para-hydroxylation sites is 1. The molecule has 3 aliphatic carbocycles. The third-order valence-electron chi connectivity index (χ3n) is 5.98. The third kappa shape index (κ3) is 3.46. The molecule has 132 valence electrons. The van der Waals surface area contributed by atoms with Crippen molar-refractivity contribution in [2.45, 2.75) is 63.3 Å². The molecule has 5 nitrogen and oxygen atoms in total. The highest BCUT2D eigenvalue weighted by molar-refractivity contribution is 5.77. The highest BCUT2D eigenvalue weighted by atomic mass is 16.1. The van der Waals surface area contributed by atoms with Crippen LogP contribution in [0.2, 0.25) is 0 Å². The van der Waals surface area contributed by atoms with Gasteiger partial charge in [0, 0.05) is 18.4 Å². The number of aryl methyl sites for hydroxylation is 1. The molecular formula is C20H25N3O2. The maximum Gasteiger partial charge on any atom is 0.258 e. The Labute approximate surface area is 147 Å². The van der Waals surface area contributed by atoms with Crippen LogP contribution in [0.1, 0.15) is 57.2 Å². The Morgan fingerprint density at radius 1 is 1.20 bits per heavy atom. The van der Waals surface area contributed by atoms with Gasteiger partial charge in [-0.15, -0.1) is 0 Å². The predicted octanol–water partition coefficient (Wildman–Crippen LogP) is 3.08. The Kier molecular flexibility index (Phi) is 4.32.